The molecule has 0 aliphatic carbocycles. The van der Waals surface area contributed by atoms with E-state index in [4.69, 9.17) is 0 Å². The fourth-order valence-corrected chi connectivity index (χ4v) is 4.43. The largest absolute Gasteiger partial charge is 0.504 e. The predicted octanol–water partition coefficient (Wildman–Crippen LogP) is 4.23. The van der Waals surface area contributed by atoms with Crippen molar-refractivity contribution in [2.24, 2.45) is 5.92 Å². The number of amides is 1. The van der Waals surface area contributed by atoms with Gasteiger partial charge in [-0.1, -0.05) is 36.4 Å². The lowest BCUT2D eigenvalue weighted by Crippen LogP contribution is -2.34. The Hall–Kier alpha value is -3.25. The summed E-state index contributed by atoms with van der Waals surface area (Å²) in [5, 5.41) is 21.8. The van der Waals surface area contributed by atoms with Crippen LogP contribution in [0.15, 0.2) is 71.6 Å². The van der Waals surface area contributed by atoms with Gasteiger partial charge in [0.2, 0.25) is 5.91 Å². The summed E-state index contributed by atoms with van der Waals surface area (Å²) in [5.41, 5.74) is 3.09. The molecule has 1 unspecified atom stereocenters. The number of carbonyl (C=O) groups is 2. The van der Waals surface area contributed by atoms with E-state index >= 15 is 0 Å². The Morgan fingerprint density at radius 2 is 1.69 bits per heavy atom. The summed E-state index contributed by atoms with van der Waals surface area (Å²) in [6.45, 7) is 0. The molecule has 0 bridgehead atoms. The minimum atomic E-state index is -0.699. The molecule has 6 heteroatoms. The smallest absolute Gasteiger partial charge is 0.236 e. The number of hydrogen-bond donors (Lipinski definition) is 3. The number of fused-ring (bicyclic) bond motifs is 1. The number of ketones is 1. The second-order valence-corrected chi connectivity index (χ2v) is 7.97. The van der Waals surface area contributed by atoms with E-state index in [1.54, 1.807) is 24.3 Å². The molecule has 3 aromatic carbocycles. The number of rotatable bonds is 4. The zero-order valence-electron chi connectivity index (χ0n) is 15.5. The van der Waals surface area contributed by atoms with E-state index in [1.165, 1.54) is 23.9 Å². The Bertz CT molecular complexity index is 1080. The van der Waals surface area contributed by atoms with Gasteiger partial charge in [-0.3, -0.25) is 9.59 Å². The highest BCUT2D eigenvalue weighted by Crippen LogP contribution is 2.33. The number of thioether (sulfide) groups is 1. The molecule has 0 saturated carbocycles. The summed E-state index contributed by atoms with van der Waals surface area (Å²) >= 11 is 1.53. The second-order valence-electron chi connectivity index (χ2n) is 6.91. The first-order chi connectivity index (χ1) is 14.0. The molecule has 5 nitrogen and oxygen atoms in total. The number of phenolic OH excluding ortho intramolecular Hbond substituents is 2. The normalized spacial score (nSPS) is 15.6. The molecule has 0 radical (unpaired) electrons. The van der Waals surface area contributed by atoms with Crippen molar-refractivity contribution in [2.45, 2.75) is 11.3 Å². The Labute approximate surface area is 172 Å². The fraction of sp³-hybridized carbons (Fsp3) is 0.130. The van der Waals surface area contributed by atoms with E-state index < -0.39 is 5.92 Å². The first-order valence-electron chi connectivity index (χ1n) is 9.18. The predicted molar refractivity (Wildman–Crippen MR) is 113 cm³/mol. The minimum absolute atomic E-state index is 0.138. The van der Waals surface area contributed by atoms with Crippen LogP contribution in [0.5, 0.6) is 11.5 Å². The van der Waals surface area contributed by atoms with Crippen LogP contribution in [0.4, 0.5) is 5.69 Å². The number of Topliss-reactive ketones (excluding diaryl/α,β-unsaturated/α-hetero) is 1. The van der Waals surface area contributed by atoms with Crippen LogP contribution in [0.25, 0.3) is 0 Å². The maximum absolute atomic E-state index is 12.6. The number of carbonyl (C=O) groups excluding carboxylic acids is 2. The summed E-state index contributed by atoms with van der Waals surface area (Å²) in [5.74, 6) is -0.999. The van der Waals surface area contributed by atoms with Gasteiger partial charge >= 0.3 is 0 Å². The number of anilines is 1. The van der Waals surface area contributed by atoms with Crippen LogP contribution in [-0.2, 0) is 11.2 Å². The maximum atomic E-state index is 12.6. The lowest BCUT2D eigenvalue weighted by molar-refractivity contribution is -0.118. The minimum Gasteiger partial charge on any atom is -0.504 e. The van der Waals surface area contributed by atoms with Crippen molar-refractivity contribution < 1.29 is 19.8 Å². The van der Waals surface area contributed by atoms with Gasteiger partial charge in [0.25, 0.3) is 0 Å². The third-order valence-corrected chi connectivity index (χ3v) is 6.03. The summed E-state index contributed by atoms with van der Waals surface area (Å²) in [7, 11) is 0. The number of aromatic hydroxyl groups is 2. The molecule has 0 saturated heterocycles. The van der Waals surface area contributed by atoms with Crippen molar-refractivity contribution >= 4 is 29.1 Å². The van der Waals surface area contributed by atoms with Crippen molar-refractivity contribution in [3.8, 4) is 11.5 Å². The van der Waals surface area contributed by atoms with E-state index in [1.807, 2.05) is 30.3 Å². The SMILES string of the molecule is O=C(Nc1ccc(Cc2ccc(O)c(O)c2)cc1)C1CSc2ccccc2C1=O. The molecule has 1 atom stereocenters. The van der Waals surface area contributed by atoms with Crippen LogP contribution in [0, 0.1) is 5.92 Å². The second kappa shape index (κ2) is 8.01. The first-order valence-corrected chi connectivity index (χ1v) is 10.2. The molecule has 0 spiro atoms. The average Bonchev–Trinajstić information content (AvgIpc) is 2.72. The molecular weight excluding hydrogens is 386 g/mol. The zero-order valence-corrected chi connectivity index (χ0v) is 16.3. The van der Waals surface area contributed by atoms with Gasteiger partial charge in [0.1, 0.15) is 5.92 Å². The van der Waals surface area contributed by atoms with Crippen LogP contribution in [0.2, 0.25) is 0 Å². The zero-order chi connectivity index (χ0) is 20.4. The van der Waals surface area contributed by atoms with Crippen LogP contribution in [-0.4, -0.2) is 27.7 Å². The van der Waals surface area contributed by atoms with Crippen LogP contribution in [0.3, 0.4) is 0 Å². The third-order valence-electron chi connectivity index (χ3n) is 4.86. The molecule has 1 aliphatic rings. The van der Waals surface area contributed by atoms with Crippen molar-refractivity contribution in [3.63, 3.8) is 0 Å². The highest BCUT2D eigenvalue weighted by Gasteiger charge is 2.33. The van der Waals surface area contributed by atoms with Gasteiger partial charge < -0.3 is 15.5 Å². The fourth-order valence-electron chi connectivity index (χ4n) is 3.28. The number of nitrogens with one attached hydrogen (secondary N) is 1. The highest BCUT2D eigenvalue weighted by molar-refractivity contribution is 7.99. The lowest BCUT2D eigenvalue weighted by atomic mass is 9.97. The van der Waals surface area contributed by atoms with Gasteiger partial charge in [-0.2, -0.15) is 0 Å². The third kappa shape index (κ3) is 4.12. The van der Waals surface area contributed by atoms with Gasteiger partial charge in [0.15, 0.2) is 17.3 Å². The van der Waals surface area contributed by atoms with E-state index in [0.717, 1.165) is 16.0 Å². The van der Waals surface area contributed by atoms with Gasteiger partial charge in [-0.15, -0.1) is 11.8 Å². The van der Waals surface area contributed by atoms with Crippen LogP contribution in [0.1, 0.15) is 21.5 Å². The lowest BCUT2D eigenvalue weighted by Gasteiger charge is -2.22. The summed E-state index contributed by atoms with van der Waals surface area (Å²) < 4.78 is 0. The van der Waals surface area contributed by atoms with Crippen molar-refractivity contribution in [2.75, 3.05) is 11.1 Å². The van der Waals surface area contributed by atoms with Gasteiger partial charge in [-0.25, -0.2) is 0 Å². The Kier molecular flexibility index (Phi) is 5.27. The van der Waals surface area contributed by atoms with Crippen LogP contribution < -0.4 is 5.32 Å². The maximum Gasteiger partial charge on any atom is 0.236 e. The quantitative estimate of drug-likeness (QED) is 0.447. The first kappa shape index (κ1) is 19.1. The van der Waals surface area contributed by atoms with Crippen molar-refractivity contribution in [1.82, 2.24) is 0 Å². The highest BCUT2D eigenvalue weighted by atomic mass is 32.2. The summed E-state index contributed by atoms with van der Waals surface area (Å²) in [6.07, 6.45) is 0.580. The van der Waals surface area contributed by atoms with E-state index in [-0.39, 0.29) is 23.2 Å². The topological polar surface area (TPSA) is 86.6 Å². The molecule has 4 rings (SSSR count). The molecule has 3 N–H and O–H groups in total. The Morgan fingerprint density at radius 3 is 2.45 bits per heavy atom. The molecule has 1 aliphatic heterocycles. The molecule has 0 fully saturated rings. The van der Waals surface area contributed by atoms with Gasteiger partial charge in [-0.05, 0) is 47.9 Å². The molecule has 3 aromatic rings. The monoisotopic (exact) mass is 405 g/mol. The van der Waals surface area contributed by atoms with E-state index in [2.05, 4.69) is 5.32 Å². The standard InChI is InChI=1S/C23H19NO4S/c25-19-10-7-15(12-20(19)26)11-14-5-8-16(9-6-14)24-23(28)18-13-29-21-4-2-1-3-17(21)22(18)27/h1-10,12,18,25-26H,11,13H2,(H,24,28). The van der Waals surface area contributed by atoms with Gasteiger partial charge in [0.05, 0.1) is 0 Å². The summed E-state index contributed by atoms with van der Waals surface area (Å²) in [4.78, 5) is 26.2. The molecule has 1 amide bonds. The molecule has 1 heterocycles. The molecule has 29 heavy (non-hydrogen) atoms. The van der Waals surface area contributed by atoms with E-state index in [0.29, 0.717) is 23.4 Å². The number of hydrogen-bond acceptors (Lipinski definition) is 5. The molecular formula is C23H19NO4S. The molecule has 146 valence electrons. The van der Waals surface area contributed by atoms with Crippen molar-refractivity contribution in [1.29, 1.82) is 0 Å². The van der Waals surface area contributed by atoms with Crippen LogP contribution >= 0.6 is 11.8 Å². The Balaban J connectivity index is 1.41. The number of phenols is 2. The van der Waals surface area contributed by atoms with E-state index in [9.17, 15) is 19.8 Å². The van der Waals surface area contributed by atoms with Crippen molar-refractivity contribution in [3.05, 3.63) is 83.4 Å². The Morgan fingerprint density at radius 1 is 0.966 bits per heavy atom. The van der Waals surface area contributed by atoms with Gasteiger partial charge in [0, 0.05) is 21.9 Å². The molecule has 0 aromatic heterocycles. The average molecular weight is 405 g/mol. The summed E-state index contributed by atoms with van der Waals surface area (Å²) in [6, 6.07) is 19.4. The number of benzene rings is 3.